The highest BCUT2D eigenvalue weighted by atomic mass is 35.5. The molecule has 0 radical (unpaired) electrons. The molecule has 2 aromatic carbocycles. The SMILES string of the molecule is COc1cc(Nc2nncc(NC(C)c3ccccc3)n2)c(OC)cc1Cl. The quantitative estimate of drug-likeness (QED) is 0.621. The van der Waals surface area contributed by atoms with Gasteiger partial charge in [0.15, 0.2) is 5.82 Å². The van der Waals surface area contributed by atoms with Crippen LogP contribution in [-0.4, -0.2) is 29.4 Å². The van der Waals surface area contributed by atoms with Gasteiger partial charge in [-0.2, -0.15) is 10.1 Å². The fourth-order valence-electron chi connectivity index (χ4n) is 2.55. The normalized spacial score (nSPS) is 11.6. The smallest absolute Gasteiger partial charge is 0.249 e. The van der Waals surface area contributed by atoms with Gasteiger partial charge in [0.1, 0.15) is 11.5 Å². The lowest BCUT2D eigenvalue weighted by Gasteiger charge is -2.16. The summed E-state index contributed by atoms with van der Waals surface area (Å²) in [6, 6.07) is 13.5. The highest BCUT2D eigenvalue weighted by molar-refractivity contribution is 6.32. The van der Waals surface area contributed by atoms with Gasteiger partial charge in [-0.3, -0.25) is 0 Å². The number of halogens is 1. The van der Waals surface area contributed by atoms with Crippen LogP contribution in [0.3, 0.4) is 0 Å². The van der Waals surface area contributed by atoms with Crippen molar-refractivity contribution in [2.75, 3.05) is 24.9 Å². The number of methoxy groups -OCH3 is 2. The van der Waals surface area contributed by atoms with E-state index in [1.165, 1.54) is 0 Å². The number of ether oxygens (including phenoxy) is 2. The standard InChI is InChI=1S/C19H20ClN5O2/c1-12(13-7-5-4-6-8-13)22-18-11-21-25-19(24-18)23-15-10-16(26-2)14(20)9-17(15)27-3/h4-12H,1-3H3,(H2,22,23,24,25). The van der Waals surface area contributed by atoms with E-state index in [4.69, 9.17) is 21.1 Å². The molecule has 0 bridgehead atoms. The molecule has 1 heterocycles. The first-order chi connectivity index (χ1) is 13.1. The Morgan fingerprint density at radius 2 is 1.78 bits per heavy atom. The van der Waals surface area contributed by atoms with Crippen LogP contribution >= 0.6 is 11.6 Å². The third-order valence-corrected chi connectivity index (χ3v) is 4.24. The molecule has 0 saturated carbocycles. The van der Waals surface area contributed by atoms with Gasteiger partial charge in [-0.1, -0.05) is 41.9 Å². The summed E-state index contributed by atoms with van der Waals surface area (Å²) in [5, 5.41) is 14.9. The zero-order valence-corrected chi connectivity index (χ0v) is 16.0. The molecule has 2 N–H and O–H groups in total. The van der Waals surface area contributed by atoms with E-state index in [0.29, 0.717) is 34.0 Å². The van der Waals surface area contributed by atoms with Crippen molar-refractivity contribution < 1.29 is 9.47 Å². The van der Waals surface area contributed by atoms with Gasteiger partial charge < -0.3 is 20.1 Å². The van der Waals surface area contributed by atoms with Crippen molar-refractivity contribution >= 4 is 29.1 Å². The number of rotatable bonds is 7. The van der Waals surface area contributed by atoms with Crippen LogP contribution < -0.4 is 20.1 Å². The van der Waals surface area contributed by atoms with Gasteiger partial charge in [0.05, 0.1) is 31.1 Å². The molecule has 0 aliphatic rings. The van der Waals surface area contributed by atoms with Gasteiger partial charge in [-0.25, -0.2) is 0 Å². The molecule has 3 aromatic rings. The summed E-state index contributed by atoms with van der Waals surface area (Å²) in [5.41, 5.74) is 1.77. The second-order valence-corrected chi connectivity index (χ2v) is 6.16. The molecule has 8 heteroatoms. The maximum atomic E-state index is 6.14. The number of hydrogen-bond acceptors (Lipinski definition) is 7. The largest absolute Gasteiger partial charge is 0.495 e. The van der Waals surface area contributed by atoms with E-state index in [2.05, 4.69) is 44.9 Å². The molecule has 3 rings (SSSR count). The van der Waals surface area contributed by atoms with Gasteiger partial charge in [0, 0.05) is 18.2 Å². The Morgan fingerprint density at radius 1 is 1.04 bits per heavy atom. The highest BCUT2D eigenvalue weighted by Crippen LogP contribution is 2.36. The van der Waals surface area contributed by atoms with Gasteiger partial charge >= 0.3 is 0 Å². The number of nitrogens with one attached hydrogen (secondary N) is 2. The maximum Gasteiger partial charge on any atom is 0.249 e. The van der Waals surface area contributed by atoms with Crippen molar-refractivity contribution in [3.8, 4) is 11.5 Å². The summed E-state index contributed by atoms with van der Waals surface area (Å²) >= 11 is 6.14. The lowest BCUT2D eigenvalue weighted by molar-refractivity contribution is 0.405. The molecule has 0 saturated heterocycles. The van der Waals surface area contributed by atoms with E-state index in [0.717, 1.165) is 5.56 Å². The fourth-order valence-corrected chi connectivity index (χ4v) is 2.78. The van der Waals surface area contributed by atoms with E-state index >= 15 is 0 Å². The molecular weight excluding hydrogens is 366 g/mol. The van der Waals surface area contributed by atoms with Gasteiger partial charge in [0.2, 0.25) is 5.95 Å². The summed E-state index contributed by atoms with van der Waals surface area (Å²) in [5.74, 6) is 1.98. The lowest BCUT2D eigenvalue weighted by Crippen LogP contribution is -2.10. The molecule has 0 spiro atoms. The minimum Gasteiger partial charge on any atom is -0.495 e. The monoisotopic (exact) mass is 385 g/mol. The van der Waals surface area contributed by atoms with E-state index in [1.54, 1.807) is 32.5 Å². The van der Waals surface area contributed by atoms with Crippen molar-refractivity contribution in [3.05, 3.63) is 59.2 Å². The molecule has 0 amide bonds. The molecule has 1 unspecified atom stereocenters. The van der Waals surface area contributed by atoms with Gasteiger partial charge in [-0.15, -0.1) is 5.10 Å². The van der Waals surface area contributed by atoms with Crippen LogP contribution in [0.15, 0.2) is 48.7 Å². The van der Waals surface area contributed by atoms with Crippen molar-refractivity contribution in [1.29, 1.82) is 0 Å². The minimum atomic E-state index is 0.0703. The molecule has 140 valence electrons. The number of aromatic nitrogens is 3. The zero-order valence-electron chi connectivity index (χ0n) is 15.2. The van der Waals surface area contributed by atoms with Crippen LogP contribution in [0.4, 0.5) is 17.5 Å². The van der Waals surface area contributed by atoms with E-state index in [9.17, 15) is 0 Å². The summed E-state index contributed by atoms with van der Waals surface area (Å²) in [6.07, 6.45) is 1.57. The van der Waals surface area contributed by atoms with Crippen LogP contribution in [0.25, 0.3) is 0 Å². The van der Waals surface area contributed by atoms with E-state index in [1.807, 2.05) is 18.2 Å². The molecule has 1 aromatic heterocycles. The van der Waals surface area contributed by atoms with Crippen LogP contribution in [0.5, 0.6) is 11.5 Å². The molecule has 0 aliphatic carbocycles. The van der Waals surface area contributed by atoms with Crippen molar-refractivity contribution in [2.24, 2.45) is 0 Å². The zero-order chi connectivity index (χ0) is 19.2. The average Bonchev–Trinajstić information content (AvgIpc) is 2.70. The predicted octanol–water partition coefficient (Wildman–Crippen LogP) is 4.46. The van der Waals surface area contributed by atoms with E-state index in [-0.39, 0.29) is 6.04 Å². The summed E-state index contributed by atoms with van der Waals surface area (Å²) in [4.78, 5) is 4.46. The molecule has 0 aliphatic heterocycles. The Balaban J connectivity index is 1.80. The maximum absolute atomic E-state index is 6.14. The second-order valence-electron chi connectivity index (χ2n) is 5.75. The number of hydrogen-bond donors (Lipinski definition) is 2. The van der Waals surface area contributed by atoms with Crippen molar-refractivity contribution in [3.63, 3.8) is 0 Å². The molecule has 0 fully saturated rings. The first-order valence-electron chi connectivity index (χ1n) is 8.30. The topological polar surface area (TPSA) is 81.2 Å². The highest BCUT2D eigenvalue weighted by Gasteiger charge is 2.12. The first kappa shape index (κ1) is 18.7. The average molecular weight is 386 g/mol. The minimum absolute atomic E-state index is 0.0703. The third kappa shape index (κ3) is 4.57. The number of anilines is 3. The van der Waals surface area contributed by atoms with Crippen LogP contribution in [0.1, 0.15) is 18.5 Å². The number of nitrogens with zero attached hydrogens (tertiary/aromatic N) is 3. The Bertz CT molecular complexity index is 908. The predicted molar refractivity (Wildman–Crippen MR) is 106 cm³/mol. The fraction of sp³-hybridized carbons (Fsp3) is 0.211. The number of benzene rings is 2. The third-order valence-electron chi connectivity index (χ3n) is 3.94. The Hall–Kier alpha value is -3.06. The molecule has 27 heavy (non-hydrogen) atoms. The van der Waals surface area contributed by atoms with Gasteiger partial charge in [0.25, 0.3) is 0 Å². The summed E-state index contributed by atoms with van der Waals surface area (Å²) in [6.45, 7) is 2.05. The van der Waals surface area contributed by atoms with Crippen LogP contribution in [0, 0.1) is 0 Å². The molecule has 7 nitrogen and oxygen atoms in total. The second kappa shape index (κ2) is 8.55. The Morgan fingerprint density at radius 3 is 2.48 bits per heavy atom. The summed E-state index contributed by atoms with van der Waals surface area (Å²) < 4.78 is 10.6. The summed E-state index contributed by atoms with van der Waals surface area (Å²) in [7, 11) is 3.10. The Kier molecular flexibility index (Phi) is 5.93. The van der Waals surface area contributed by atoms with Crippen LogP contribution in [-0.2, 0) is 0 Å². The van der Waals surface area contributed by atoms with Gasteiger partial charge in [-0.05, 0) is 12.5 Å². The van der Waals surface area contributed by atoms with Crippen molar-refractivity contribution in [2.45, 2.75) is 13.0 Å². The molecular formula is C19H20ClN5O2. The van der Waals surface area contributed by atoms with Crippen molar-refractivity contribution in [1.82, 2.24) is 15.2 Å². The lowest BCUT2D eigenvalue weighted by atomic mass is 10.1. The van der Waals surface area contributed by atoms with E-state index < -0.39 is 0 Å². The molecule has 1 atom stereocenters. The van der Waals surface area contributed by atoms with Crippen LogP contribution in [0.2, 0.25) is 5.02 Å². The first-order valence-corrected chi connectivity index (χ1v) is 8.68. The Labute approximate surface area is 162 Å².